The number of hydrogen-bond donors (Lipinski definition) is 1. The van der Waals surface area contributed by atoms with Crippen LogP contribution in [0, 0.1) is 0 Å². The van der Waals surface area contributed by atoms with E-state index in [-0.39, 0.29) is 28.4 Å². The lowest BCUT2D eigenvalue weighted by Gasteiger charge is -1.92. The molecular formula is C42H62O. The quantitative estimate of drug-likeness (QED) is 0.189. The van der Waals surface area contributed by atoms with Crippen LogP contribution in [0.3, 0.4) is 0 Å². The molecule has 0 heterocycles. The Hall–Kier alpha value is -3.94. The molecule has 6 aromatic carbocycles. The summed E-state index contributed by atoms with van der Waals surface area (Å²) >= 11 is 0. The molecule has 1 N–H and O–H groups in total. The van der Waals surface area contributed by atoms with E-state index in [9.17, 15) is 0 Å². The molecule has 0 unspecified atom stereocenters. The summed E-state index contributed by atoms with van der Waals surface area (Å²) in [6.07, 6.45) is -0.167. The van der Waals surface area contributed by atoms with Crippen molar-refractivity contribution in [2.75, 3.05) is 0 Å². The highest BCUT2D eigenvalue weighted by atomic mass is 16.3. The second-order valence-electron chi connectivity index (χ2n) is 8.14. The predicted molar refractivity (Wildman–Crippen MR) is 203 cm³/mol. The first-order chi connectivity index (χ1) is 19.6. The number of aliphatic hydroxyl groups is 1. The summed E-state index contributed by atoms with van der Waals surface area (Å²) in [6.45, 7) is 15.4. The molecular weight excluding hydrogens is 520 g/mol. The molecule has 0 aromatic heterocycles. The molecule has 43 heavy (non-hydrogen) atoms. The summed E-state index contributed by atoms with van der Waals surface area (Å²) in [5.41, 5.74) is 0. The number of benzene rings is 6. The minimum atomic E-state index is -0.167. The molecule has 0 amide bonds. The molecule has 1 nitrogen and oxygen atoms in total. The molecule has 0 aliphatic rings. The van der Waals surface area contributed by atoms with E-state index >= 15 is 0 Å². The van der Waals surface area contributed by atoms with E-state index in [2.05, 4.69) is 146 Å². The van der Waals surface area contributed by atoms with Crippen molar-refractivity contribution < 1.29 is 5.11 Å². The third-order valence-corrected chi connectivity index (χ3v) is 4.98. The fourth-order valence-corrected chi connectivity index (χ4v) is 3.40. The Morgan fingerprint density at radius 3 is 0.442 bits per heavy atom. The van der Waals surface area contributed by atoms with Crippen molar-refractivity contribution in [2.24, 2.45) is 0 Å². The standard InChI is InChI=1S/3C10H8.C3H8O.3C2H6.3CH4/c3*1-2-6-10-8-4-3-7-9(10)5-1;1-3(2)4;3*1-2;;;/h3*1-8H;3-4H,1-2H3;3*1-2H3;3*1H4. The van der Waals surface area contributed by atoms with Gasteiger partial charge in [-0.3, -0.25) is 0 Å². The van der Waals surface area contributed by atoms with Crippen LogP contribution in [-0.2, 0) is 0 Å². The second kappa shape index (κ2) is 31.0. The smallest absolute Gasteiger partial charge is 0.0483 e. The largest absolute Gasteiger partial charge is 0.394 e. The molecule has 236 valence electrons. The number of aliphatic hydroxyl groups excluding tert-OH is 1. The number of rotatable bonds is 0. The topological polar surface area (TPSA) is 20.2 Å². The molecule has 6 rings (SSSR count). The number of fused-ring (bicyclic) bond motifs is 3. The molecule has 0 bridgehead atoms. The van der Waals surface area contributed by atoms with Gasteiger partial charge in [-0.1, -0.05) is 209 Å². The highest BCUT2D eigenvalue weighted by Crippen LogP contribution is 2.12. The molecule has 0 atom stereocenters. The zero-order chi connectivity index (χ0) is 30.0. The van der Waals surface area contributed by atoms with Crippen LogP contribution in [0.4, 0.5) is 0 Å². The van der Waals surface area contributed by atoms with E-state index in [1.807, 2.05) is 41.5 Å². The summed E-state index contributed by atoms with van der Waals surface area (Å²) in [6, 6.07) is 50.1. The van der Waals surface area contributed by atoms with E-state index in [0.717, 1.165) is 0 Å². The lowest BCUT2D eigenvalue weighted by Crippen LogP contribution is -1.85. The van der Waals surface area contributed by atoms with Crippen molar-refractivity contribution in [1.82, 2.24) is 0 Å². The average molecular weight is 583 g/mol. The van der Waals surface area contributed by atoms with Gasteiger partial charge >= 0.3 is 0 Å². The minimum absolute atomic E-state index is 0. The maximum Gasteiger partial charge on any atom is 0.0483 e. The van der Waals surface area contributed by atoms with Gasteiger partial charge in [0.05, 0.1) is 0 Å². The van der Waals surface area contributed by atoms with Gasteiger partial charge in [-0.25, -0.2) is 0 Å². The summed E-state index contributed by atoms with van der Waals surface area (Å²) in [5.74, 6) is 0. The monoisotopic (exact) mass is 582 g/mol. The average Bonchev–Trinajstić information content (AvgIpc) is 3.04. The van der Waals surface area contributed by atoms with Crippen molar-refractivity contribution in [1.29, 1.82) is 0 Å². The molecule has 0 saturated carbocycles. The Morgan fingerprint density at radius 2 is 0.372 bits per heavy atom. The normalized spacial score (nSPS) is 8.23. The first kappa shape index (κ1) is 46.0. The van der Waals surface area contributed by atoms with Crippen LogP contribution in [0.15, 0.2) is 146 Å². The SMILES string of the molecule is C.C.C.CC.CC.CC.CC(C)O.c1ccc2ccccc2c1.c1ccc2ccccc2c1.c1ccc2ccccc2c1. The van der Waals surface area contributed by atoms with Gasteiger partial charge in [0.2, 0.25) is 0 Å². The van der Waals surface area contributed by atoms with Crippen LogP contribution < -0.4 is 0 Å². The molecule has 1 heteroatoms. The van der Waals surface area contributed by atoms with Gasteiger partial charge in [-0.2, -0.15) is 0 Å². The number of hydrogen-bond acceptors (Lipinski definition) is 1. The van der Waals surface area contributed by atoms with E-state index in [4.69, 9.17) is 5.11 Å². The van der Waals surface area contributed by atoms with Gasteiger partial charge in [0, 0.05) is 6.10 Å². The van der Waals surface area contributed by atoms with Crippen molar-refractivity contribution >= 4 is 32.3 Å². The van der Waals surface area contributed by atoms with Gasteiger partial charge in [-0.05, 0) is 46.2 Å². The van der Waals surface area contributed by atoms with Crippen molar-refractivity contribution in [3.05, 3.63) is 146 Å². The van der Waals surface area contributed by atoms with Gasteiger partial charge < -0.3 is 5.11 Å². The Morgan fingerprint density at radius 1 is 0.302 bits per heavy atom. The Labute approximate surface area is 266 Å². The van der Waals surface area contributed by atoms with E-state index in [1.54, 1.807) is 13.8 Å². The Kier molecular flexibility index (Phi) is 33.2. The molecule has 0 spiro atoms. The van der Waals surface area contributed by atoms with Gasteiger partial charge in [0.25, 0.3) is 0 Å². The highest BCUT2D eigenvalue weighted by molar-refractivity contribution is 5.83. The van der Waals surface area contributed by atoms with Crippen LogP contribution in [0.2, 0.25) is 0 Å². The zero-order valence-corrected chi connectivity index (χ0v) is 25.9. The maximum absolute atomic E-state index is 8.06. The lowest BCUT2D eigenvalue weighted by atomic mass is 10.1. The minimum Gasteiger partial charge on any atom is -0.394 e. The van der Waals surface area contributed by atoms with Crippen molar-refractivity contribution in [2.45, 2.75) is 83.8 Å². The molecule has 0 fully saturated rings. The van der Waals surface area contributed by atoms with Crippen LogP contribution in [0.5, 0.6) is 0 Å². The second-order valence-corrected chi connectivity index (χ2v) is 8.14. The van der Waals surface area contributed by atoms with Crippen LogP contribution in [0.25, 0.3) is 32.3 Å². The van der Waals surface area contributed by atoms with E-state index in [1.165, 1.54) is 32.3 Å². The molecule has 0 aliphatic carbocycles. The first-order valence-electron chi connectivity index (χ1n) is 14.6. The van der Waals surface area contributed by atoms with Crippen LogP contribution >= 0.6 is 0 Å². The predicted octanol–water partition coefficient (Wildman–Crippen LogP) is 13.9. The lowest BCUT2D eigenvalue weighted by molar-refractivity contribution is 0.216. The van der Waals surface area contributed by atoms with E-state index < -0.39 is 0 Å². The Balaban J connectivity index is -0.000000224. The molecule has 6 aromatic rings. The maximum atomic E-state index is 8.06. The zero-order valence-electron chi connectivity index (χ0n) is 25.9. The van der Waals surface area contributed by atoms with E-state index in [0.29, 0.717) is 0 Å². The summed E-state index contributed by atoms with van der Waals surface area (Å²) in [7, 11) is 0. The third-order valence-electron chi connectivity index (χ3n) is 4.98. The third kappa shape index (κ3) is 19.7. The Bertz CT molecular complexity index is 1030. The van der Waals surface area contributed by atoms with Gasteiger partial charge in [0.1, 0.15) is 0 Å². The summed E-state index contributed by atoms with van der Waals surface area (Å²) < 4.78 is 0. The van der Waals surface area contributed by atoms with Crippen LogP contribution in [0.1, 0.15) is 77.7 Å². The fourth-order valence-electron chi connectivity index (χ4n) is 3.40. The van der Waals surface area contributed by atoms with Crippen molar-refractivity contribution in [3.63, 3.8) is 0 Å². The van der Waals surface area contributed by atoms with Crippen LogP contribution in [-0.4, -0.2) is 11.2 Å². The molecule has 0 saturated heterocycles. The fraction of sp³-hybridized carbons (Fsp3) is 0.286. The first-order valence-corrected chi connectivity index (χ1v) is 14.6. The molecule has 0 aliphatic heterocycles. The molecule has 0 radical (unpaired) electrons. The summed E-state index contributed by atoms with van der Waals surface area (Å²) in [5, 5.41) is 15.9. The van der Waals surface area contributed by atoms with Crippen molar-refractivity contribution in [3.8, 4) is 0 Å². The van der Waals surface area contributed by atoms with Gasteiger partial charge in [-0.15, -0.1) is 0 Å². The summed E-state index contributed by atoms with van der Waals surface area (Å²) in [4.78, 5) is 0. The van der Waals surface area contributed by atoms with Gasteiger partial charge in [0.15, 0.2) is 0 Å². The highest BCUT2D eigenvalue weighted by Gasteiger charge is 1.87.